The zero-order valence-electron chi connectivity index (χ0n) is 18.1. The Kier molecular flexibility index (Phi) is 6.60. The lowest BCUT2D eigenvalue weighted by molar-refractivity contribution is -0.134. The van der Waals surface area contributed by atoms with Gasteiger partial charge in [-0.3, -0.25) is 14.4 Å². The Morgan fingerprint density at radius 2 is 1.74 bits per heavy atom. The van der Waals surface area contributed by atoms with Crippen molar-refractivity contribution in [1.29, 1.82) is 0 Å². The van der Waals surface area contributed by atoms with Gasteiger partial charge in [0.1, 0.15) is 0 Å². The molecule has 3 amide bonds. The van der Waals surface area contributed by atoms with E-state index < -0.39 is 0 Å². The molecule has 6 nitrogen and oxygen atoms in total. The average molecular weight is 442 g/mol. The Balaban J connectivity index is 1.30. The van der Waals surface area contributed by atoms with Crippen molar-refractivity contribution in [3.63, 3.8) is 0 Å². The molecule has 1 saturated heterocycles. The van der Waals surface area contributed by atoms with Crippen molar-refractivity contribution in [2.45, 2.75) is 51.4 Å². The number of benzene rings is 1. The highest BCUT2D eigenvalue weighted by Gasteiger charge is 2.30. The molecule has 0 unspecified atom stereocenters. The Morgan fingerprint density at radius 1 is 1.06 bits per heavy atom. The quantitative estimate of drug-likeness (QED) is 0.742. The number of hydrogen-bond acceptors (Lipinski definition) is 4. The molecule has 7 heteroatoms. The molecule has 0 atom stereocenters. The first-order valence-corrected chi connectivity index (χ1v) is 12.1. The Bertz CT molecular complexity index is 970. The van der Waals surface area contributed by atoms with Crippen LogP contribution in [0.3, 0.4) is 0 Å². The van der Waals surface area contributed by atoms with Gasteiger partial charge in [0.15, 0.2) is 0 Å². The first kappa shape index (κ1) is 21.8. The van der Waals surface area contributed by atoms with Gasteiger partial charge in [-0.05, 0) is 67.4 Å². The minimum Gasteiger partial charge on any atom is -0.365 e. The number of amides is 3. The molecule has 1 saturated carbocycles. The number of carbonyl (C=O) groups is 3. The molecule has 0 radical (unpaired) electrons. The fourth-order valence-electron chi connectivity index (χ4n) is 5.15. The highest BCUT2D eigenvalue weighted by atomic mass is 32.1. The Labute approximate surface area is 187 Å². The van der Waals surface area contributed by atoms with Crippen molar-refractivity contribution >= 4 is 39.1 Å². The van der Waals surface area contributed by atoms with Gasteiger partial charge < -0.3 is 16.0 Å². The number of nitrogens with one attached hydrogen (secondary N) is 1. The summed E-state index contributed by atoms with van der Waals surface area (Å²) in [5, 5.41) is 4.32. The van der Waals surface area contributed by atoms with Gasteiger partial charge in [0, 0.05) is 37.2 Å². The maximum Gasteiger partial charge on any atom is 0.259 e. The van der Waals surface area contributed by atoms with Crippen LogP contribution in [-0.4, -0.2) is 42.3 Å². The van der Waals surface area contributed by atoms with E-state index in [1.165, 1.54) is 11.3 Å². The molecule has 0 spiro atoms. The summed E-state index contributed by atoms with van der Waals surface area (Å²) in [6.45, 7) is 3.65. The van der Waals surface area contributed by atoms with E-state index in [9.17, 15) is 14.4 Å². The van der Waals surface area contributed by atoms with Crippen LogP contribution in [0.25, 0.3) is 10.1 Å². The van der Waals surface area contributed by atoms with Gasteiger partial charge >= 0.3 is 0 Å². The summed E-state index contributed by atoms with van der Waals surface area (Å²) in [4.78, 5) is 38.6. The predicted molar refractivity (Wildman–Crippen MR) is 123 cm³/mol. The van der Waals surface area contributed by atoms with Crippen LogP contribution in [0.2, 0.25) is 0 Å². The van der Waals surface area contributed by atoms with E-state index in [1.54, 1.807) is 6.92 Å². The van der Waals surface area contributed by atoms with Crippen LogP contribution in [0, 0.1) is 11.8 Å². The summed E-state index contributed by atoms with van der Waals surface area (Å²) in [7, 11) is 0. The molecule has 0 bridgehead atoms. The molecule has 166 valence electrons. The fourth-order valence-corrected chi connectivity index (χ4v) is 6.30. The molecule has 1 aliphatic heterocycles. The molecular weight excluding hydrogens is 410 g/mol. The van der Waals surface area contributed by atoms with Gasteiger partial charge in [-0.15, -0.1) is 11.3 Å². The molecule has 1 aromatic carbocycles. The Hall–Kier alpha value is -2.41. The maximum atomic E-state index is 12.6. The highest BCUT2D eigenvalue weighted by Crippen LogP contribution is 2.43. The van der Waals surface area contributed by atoms with Gasteiger partial charge in [0.25, 0.3) is 5.91 Å². The molecule has 1 aliphatic carbocycles. The summed E-state index contributed by atoms with van der Waals surface area (Å²) in [6, 6.07) is 8.16. The van der Waals surface area contributed by atoms with E-state index in [0.717, 1.165) is 54.2 Å². The van der Waals surface area contributed by atoms with Crippen molar-refractivity contribution < 1.29 is 14.4 Å². The number of likely N-dealkylation sites (tertiary alicyclic amines) is 1. The topological polar surface area (TPSA) is 92.5 Å². The standard InChI is InChI=1S/C24H31N3O3S/c1-15(28)27-12-10-18(11-13-27)24(30)26-14-16-6-8-17(9-7-16)21-19-4-2-3-5-20(19)31-22(21)23(25)29/h2-5,16-18H,6-14H2,1H3,(H2,25,29)(H,26,30). The number of rotatable bonds is 5. The maximum absolute atomic E-state index is 12.6. The number of piperidine rings is 1. The fraction of sp³-hybridized carbons (Fsp3) is 0.542. The number of hydrogen-bond donors (Lipinski definition) is 2. The summed E-state index contributed by atoms with van der Waals surface area (Å²) in [6.07, 6.45) is 5.60. The first-order chi connectivity index (χ1) is 14.9. The van der Waals surface area contributed by atoms with Crippen LogP contribution in [0.15, 0.2) is 24.3 Å². The summed E-state index contributed by atoms with van der Waals surface area (Å²) in [5.74, 6) is 0.725. The van der Waals surface area contributed by atoms with E-state index >= 15 is 0 Å². The van der Waals surface area contributed by atoms with E-state index in [1.807, 2.05) is 17.0 Å². The summed E-state index contributed by atoms with van der Waals surface area (Å²) < 4.78 is 1.12. The molecule has 31 heavy (non-hydrogen) atoms. The van der Waals surface area contributed by atoms with Crippen LogP contribution in [0.5, 0.6) is 0 Å². The highest BCUT2D eigenvalue weighted by molar-refractivity contribution is 7.21. The lowest BCUT2D eigenvalue weighted by Gasteiger charge is -2.32. The van der Waals surface area contributed by atoms with E-state index in [2.05, 4.69) is 17.4 Å². The lowest BCUT2D eigenvalue weighted by atomic mass is 9.77. The van der Waals surface area contributed by atoms with Crippen LogP contribution < -0.4 is 11.1 Å². The molecule has 2 heterocycles. The smallest absolute Gasteiger partial charge is 0.259 e. The zero-order valence-corrected chi connectivity index (χ0v) is 18.9. The third-order valence-corrected chi connectivity index (χ3v) is 8.19. The van der Waals surface area contributed by atoms with Crippen molar-refractivity contribution in [1.82, 2.24) is 10.2 Å². The molecule has 1 aromatic heterocycles. The minimum atomic E-state index is -0.332. The minimum absolute atomic E-state index is 0.0160. The third-order valence-electron chi connectivity index (χ3n) is 6.99. The van der Waals surface area contributed by atoms with Crippen molar-refractivity contribution in [2.75, 3.05) is 19.6 Å². The lowest BCUT2D eigenvalue weighted by Crippen LogP contribution is -2.43. The summed E-state index contributed by atoms with van der Waals surface area (Å²) >= 11 is 1.50. The van der Waals surface area contributed by atoms with Gasteiger partial charge in [-0.25, -0.2) is 0 Å². The SMILES string of the molecule is CC(=O)N1CCC(C(=O)NCC2CCC(c3c(C(N)=O)sc4ccccc34)CC2)CC1. The van der Waals surface area contributed by atoms with Crippen LogP contribution in [0.4, 0.5) is 0 Å². The largest absolute Gasteiger partial charge is 0.365 e. The average Bonchev–Trinajstić information content (AvgIpc) is 3.18. The van der Waals surface area contributed by atoms with E-state index in [4.69, 9.17) is 5.73 Å². The second-order valence-corrected chi connectivity index (χ2v) is 10.0. The molecule has 3 N–H and O–H groups in total. The molecule has 2 fully saturated rings. The van der Waals surface area contributed by atoms with E-state index in [0.29, 0.717) is 36.3 Å². The molecule has 2 aliphatic rings. The first-order valence-electron chi connectivity index (χ1n) is 11.3. The van der Waals surface area contributed by atoms with Gasteiger partial charge in [0.05, 0.1) is 4.88 Å². The van der Waals surface area contributed by atoms with Crippen molar-refractivity contribution in [2.24, 2.45) is 17.6 Å². The third kappa shape index (κ3) is 4.76. The normalized spacial score (nSPS) is 22.4. The second-order valence-electron chi connectivity index (χ2n) is 8.95. The Morgan fingerprint density at radius 3 is 2.39 bits per heavy atom. The van der Waals surface area contributed by atoms with Crippen LogP contribution in [-0.2, 0) is 9.59 Å². The number of primary amides is 1. The monoisotopic (exact) mass is 441 g/mol. The number of thiophene rings is 1. The molecule has 4 rings (SSSR count). The number of nitrogens with two attached hydrogens (primary N) is 1. The zero-order chi connectivity index (χ0) is 22.0. The van der Waals surface area contributed by atoms with E-state index in [-0.39, 0.29) is 23.6 Å². The van der Waals surface area contributed by atoms with Gasteiger partial charge in [-0.2, -0.15) is 0 Å². The molecule has 2 aromatic rings. The second kappa shape index (κ2) is 9.39. The van der Waals surface area contributed by atoms with Gasteiger partial charge in [-0.1, -0.05) is 18.2 Å². The van der Waals surface area contributed by atoms with Crippen LogP contribution in [0.1, 0.15) is 66.6 Å². The molecular formula is C24H31N3O3S. The van der Waals surface area contributed by atoms with Crippen LogP contribution >= 0.6 is 11.3 Å². The number of carbonyl (C=O) groups excluding carboxylic acids is 3. The summed E-state index contributed by atoms with van der Waals surface area (Å²) in [5.41, 5.74) is 6.82. The number of fused-ring (bicyclic) bond motifs is 1. The predicted octanol–water partition coefficient (Wildman–Crippen LogP) is 3.65. The van der Waals surface area contributed by atoms with Crippen molar-refractivity contribution in [3.8, 4) is 0 Å². The van der Waals surface area contributed by atoms with Gasteiger partial charge in [0.2, 0.25) is 11.8 Å². The van der Waals surface area contributed by atoms with Crippen molar-refractivity contribution in [3.05, 3.63) is 34.7 Å². The number of nitrogens with zero attached hydrogens (tertiary/aromatic N) is 1.